The molecule has 1 aliphatic heterocycles. The fourth-order valence-electron chi connectivity index (χ4n) is 3.73. The zero-order valence-corrected chi connectivity index (χ0v) is 20.1. The van der Waals surface area contributed by atoms with Crippen LogP contribution in [0.5, 0.6) is 0 Å². The van der Waals surface area contributed by atoms with Crippen molar-refractivity contribution in [3.05, 3.63) is 59.7 Å². The molecule has 1 unspecified atom stereocenters. The zero-order chi connectivity index (χ0) is 23.6. The Hall–Kier alpha value is -3.13. The number of aromatic nitrogens is 3. The first-order chi connectivity index (χ1) is 15.7. The minimum Gasteiger partial charge on any atom is -0.459 e. The topological polar surface area (TPSA) is 88.2 Å². The highest BCUT2D eigenvalue weighted by atomic mass is 32.2. The molecule has 1 N–H and O–H groups in total. The van der Waals surface area contributed by atoms with E-state index in [0.717, 1.165) is 23.2 Å². The molecule has 1 amide bonds. The Labute approximate surface area is 197 Å². The van der Waals surface area contributed by atoms with Gasteiger partial charge in [0.15, 0.2) is 5.82 Å². The second kappa shape index (κ2) is 9.39. The maximum Gasteiger partial charge on any atom is 0.326 e. The monoisotopic (exact) mass is 464 g/mol. The molecular weight excluding hydrogens is 436 g/mol. The van der Waals surface area contributed by atoms with Gasteiger partial charge < -0.3 is 4.74 Å². The van der Waals surface area contributed by atoms with Crippen molar-refractivity contribution >= 4 is 29.3 Å². The van der Waals surface area contributed by atoms with Crippen LogP contribution >= 0.6 is 11.8 Å². The fraction of sp³-hybridized carbons (Fsp3) is 0.360. The van der Waals surface area contributed by atoms with E-state index in [2.05, 4.69) is 15.2 Å². The number of anilines is 1. The Kier molecular flexibility index (Phi) is 6.56. The number of carbonyl (C=O) groups excluding carboxylic acids is 2. The molecule has 1 aromatic heterocycles. The van der Waals surface area contributed by atoms with E-state index in [1.54, 1.807) is 4.90 Å². The van der Waals surface area contributed by atoms with Crippen molar-refractivity contribution < 1.29 is 14.3 Å². The van der Waals surface area contributed by atoms with Gasteiger partial charge in [0.25, 0.3) is 0 Å². The molecule has 33 heavy (non-hydrogen) atoms. The maximum atomic E-state index is 13.6. The Morgan fingerprint density at radius 1 is 1.18 bits per heavy atom. The number of hydrogen-bond donors (Lipinski definition) is 1. The average molecular weight is 465 g/mol. The third-order valence-electron chi connectivity index (χ3n) is 5.24. The molecule has 7 nitrogen and oxygen atoms in total. The Balaban J connectivity index is 1.55. The van der Waals surface area contributed by atoms with Crippen LogP contribution in [0.15, 0.2) is 53.7 Å². The number of hydrogen-bond acceptors (Lipinski definition) is 6. The molecule has 0 spiro atoms. The van der Waals surface area contributed by atoms with E-state index in [1.807, 2.05) is 76.2 Å². The molecule has 172 valence electrons. The van der Waals surface area contributed by atoms with E-state index < -0.39 is 16.8 Å². The van der Waals surface area contributed by atoms with Gasteiger partial charge in [-0.1, -0.05) is 59.8 Å². The number of aryl methyl sites for hydroxylation is 2. The van der Waals surface area contributed by atoms with Gasteiger partial charge in [-0.2, -0.15) is 0 Å². The minimum atomic E-state index is -0.620. The van der Waals surface area contributed by atoms with Gasteiger partial charge in [-0.15, -0.1) is 5.10 Å². The third-order valence-corrected chi connectivity index (χ3v) is 6.36. The molecule has 2 heterocycles. The number of carbonyl (C=O) groups is 2. The van der Waals surface area contributed by atoms with Gasteiger partial charge in [0.2, 0.25) is 11.1 Å². The summed E-state index contributed by atoms with van der Waals surface area (Å²) in [5.74, 6) is 0.0841. The summed E-state index contributed by atoms with van der Waals surface area (Å²) < 4.78 is 5.49. The van der Waals surface area contributed by atoms with Crippen molar-refractivity contribution in [2.75, 3.05) is 11.4 Å². The van der Waals surface area contributed by atoms with Crippen LogP contribution in [0.1, 0.15) is 38.3 Å². The van der Waals surface area contributed by atoms with Gasteiger partial charge >= 0.3 is 5.97 Å². The first-order valence-corrected chi connectivity index (χ1v) is 11.8. The largest absolute Gasteiger partial charge is 0.459 e. The number of esters is 1. The number of para-hydroxylation sites is 1. The molecule has 0 radical (unpaired) electrons. The van der Waals surface area contributed by atoms with E-state index in [0.29, 0.717) is 17.4 Å². The van der Waals surface area contributed by atoms with Crippen LogP contribution in [0.4, 0.5) is 5.69 Å². The number of aromatic amines is 1. The Morgan fingerprint density at radius 3 is 2.64 bits per heavy atom. The van der Waals surface area contributed by atoms with Crippen LogP contribution in [-0.2, 0) is 20.7 Å². The lowest BCUT2D eigenvalue weighted by Gasteiger charge is -2.26. The number of thioether (sulfide) groups is 1. The summed E-state index contributed by atoms with van der Waals surface area (Å²) in [4.78, 5) is 32.3. The molecule has 4 rings (SSSR count). The molecule has 2 aromatic carbocycles. The number of rotatable bonds is 5. The summed E-state index contributed by atoms with van der Waals surface area (Å²) in [6.07, 6.45) is 1.35. The number of amides is 1. The lowest BCUT2D eigenvalue weighted by Crippen LogP contribution is -2.42. The van der Waals surface area contributed by atoms with Gasteiger partial charge in [-0.05, 0) is 52.2 Å². The van der Waals surface area contributed by atoms with Gasteiger partial charge in [0.05, 0.1) is 5.25 Å². The van der Waals surface area contributed by atoms with Gasteiger partial charge in [0.1, 0.15) is 12.1 Å². The highest BCUT2D eigenvalue weighted by Crippen LogP contribution is 2.34. The van der Waals surface area contributed by atoms with Crippen molar-refractivity contribution in [3.63, 3.8) is 0 Å². The third kappa shape index (κ3) is 5.63. The predicted molar refractivity (Wildman–Crippen MR) is 129 cm³/mol. The molecule has 8 heteroatoms. The van der Waals surface area contributed by atoms with E-state index in [4.69, 9.17) is 4.74 Å². The first kappa shape index (κ1) is 23.0. The summed E-state index contributed by atoms with van der Waals surface area (Å²) in [6, 6.07) is 15.7. The summed E-state index contributed by atoms with van der Waals surface area (Å²) >= 11 is 1.32. The number of ether oxygens (including phenoxy) is 1. The molecule has 1 aliphatic rings. The Morgan fingerprint density at radius 2 is 1.91 bits per heavy atom. The van der Waals surface area contributed by atoms with Crippen molar-refractivity contribution in [3.8, 4) is 11.4 Å². The number of nitrogens with zero attached hydrogens (tertiary/aromatic N) is 3. The standard InChI is InChI=1S/C25H28N4O3S/c1-16-9-11-18(12-10-16)22-26-24(28-27-22)33-20-14-13-17-7-5-6-8-19(17)29(23(20)31)15-21(30)32-25(2,3)4/h5-12,20H,13-15H2,1-4H3,(H,26,27,28). The number of H-pyrrole nitrogens is 1. The molecular formula is C25H28N4O3S. The van der Waals surface area contributed by atoms with Crippen molar-refractivity contribution in [2.45, 2.75) is 56.5 Å². The SMILES string of the molecule is Cc1ccc(-c2nc(SC3CCc4ccccc4N(CC(=O)OC(C)(C)C)C3=O)n[nH]2)cc1. The molecule has 0 aliphatic carbocycles. The van der Waals surface area contributed by atoms with Crippen molar-refractivity contribution in [1.82, 2.24) is 15.2 Å². The maximum absolute atomic E-state index is 13.6. The highest BCUT2D eigenvalue weighted by Gasteiger charge is 2.34. The molecule has 0 bridgehead atoms. The summed E-state index contributed by atoms with van der Waals surface area (Å²) in [7, 11) is 0. The van der Waals surface area contributed by atoms with Crippen LogP contribution in [0.25, 0.3) is 11.4 Å². The lowest BCUT2D eigenvalue weighted by atomic mass is 10.1. The average Bonchev–Trinajstić information content (AvgIpc) is 3.18. The number of benzene rings is 2. The van der Waals surface area contributed by atoms with Crippen molar-refractivity contribution in [1.29, 1.82) is 0 Å². The van der Waals surface area contributed by atoms with Crippen LogP contribution in [0.3, 0.4) is 0 Å². The first-order valence-electron chi connectivity index (χ1n) is 11.0. The molecule has 0 saturated carbocycles. The molecule has 0 saturated heterocycles. The van der Waals surface area contributed by atoms with Crippen LogP contribution in [0, 0.1) is 6.92 Å². The van der Waals surface area contributed by atoms with E-state index in [-0.39, 0.29) is 12.5 Å². The normalized spacial score (nSPS) is 16.3. The van der Waals surface area contributed by atoms with Crippen LogP contribution in [-0.4, -0.2) is 44.5 Å². The van der Waals surface area contributed by atoms with Gasteiger partial charge in [-0.3, -0.25) is 19.6 Å². The number of nitrogens with one attached hydrogen (secondary N) is 1. The second-order valence-corrected chi connectivity index (χ2v) is 10.3. The highest BCUT2D eigenvalue weighted by molar-refractivity contribution is 8.00. The summed E-state index contributed by atoms with van der Waals surface area (Å²) in [5, 5.41) is 7.38. The number of fused-ring (bicyclic) bond motifs is 1. The lowest BCUT2D eigenvalue weighted by molar-refractivity contribution is -0.153. The smallest absolute Gasteiger partial charge is 0.326 e. The quantitative estimate of drug-likeness (QED) is 0.557. The van der Waals surface area contributed by atoms with E-state index in [9.17, 15) is 9.59 Å². The fourth-order valence-corrected chi connectivity index (χ4v) is 4.69. The molecule has 3 aromatic rings. The van der Waals surface area contributed by atoms with Crippen molar-refractivity contribution in [2.24, 2.45) is 0 Å². The minimum absolute atomic E-state index is 0.132. The van der Waals surface area contributed by atoms with Crippen LogP contribution in [0.2, 0.25) is 0 Å². The van der Waals surface area contributed by atoms with E-state index >= 15 is 0 Å². The van der Waals surface area contributed by atoms with Gasteiger partial charge in [0, 0.05) is 11.3 Å². The summed E-state index contributed by atoms with van der Waals surface area (Å²) in [5.41, 5.74) is 3.28. The molecule has 0 fully saturated rings. The summed E-state index contributed by atoms with van der Waals surface area (Å²) in [6.45, 7) is 7.35. The second-order valence-electron chi connectivity index (χ2n) is 9.12. The van der Waals surface area contributed by atoms with Gasteiger partial charge in [-0.25, -0.2) is 4.98 Å². The zero-order valence-electron chi connectivity index (χ0n) is 19.3. The molecule has 1 atom stereocenters. The van der Waals surface area contributed by atoms with Crippen LogP contribution < -0.4 is 4.90 Å². The predicted octanol–water partition coefficient (Wildman–Crippen LogP) is 4.56. The van der Waals surface area contributed by atoms with E-state index in [1.165, 1.54) is 17.3 Å². The Bertz CT molecular complexity index is 1150.